The highest BCUT2D eigenvalue weighted by Gasteiger charge is 2.24. The van der Waals surface area contributed by atoms with Crippen LogP contribution in [0, 0.1) is 12.7 Å². The molecule has 1 aromatic carbocycles. The molecule has 1 heterocycles. The molecule has 0 aliphatic heterocycles. The summed E-state index contributed by atoms with van der Waals surface area (Å²) < 4.78 is 17.6. The molecule has 0 saturated carbocycles. The quantitative estimate of drug-likeness (QED) is 0.324. The summed E-state index contributed by atoms with van der Waals surface area (Å²) >= 11 is 0. The van der Waals surface area contributed by atoms with Gasteiger partial charge in [0.25, 0.3) is 0 Å². The van der Waals surface area contributed by atoms with Gasteiger partial charge >= 0.3 is 5.97 Å². The molecule has 9 heteroatoms. The van der Waals surface area contributed by atoms with Crippen LogP contribution in [0.5, 0.6) is 0 Å². The van der Waals surface area contributed by atoms with Crippen molar-refractivity contribution >= 4 is 23.6 Å². The number of ether oxygens (including phenoxy) is 1. The third-order valence-corrected chi connectivity index (χ3v) is 4.45. The molecule has 1 aromatic heterocycles. The Morgan fingerprint density at radius 1 is 1.00 bits per heavy atom. The van der Waals surface area contributed by atoms with Crippen molar-refractivity contribution in [2.75, 3.05) is 20.2 Å². The smallest absolute Gasteiger partial charge is 0.339 e. The first-order valence-corrected chi connectivity index (χ1v) is 9.31. The van der Waals surface area contributed by atoms with Crippen molar-refractivity contribution < 1.29 is 28.3 Å². The van der Waals surface area contributed by atoms with Gasteiger partial charge in [0.05, 0.1) is 31.2 Å². The van der Waals surface area contributed by atoms with E-state index < -0.39 is 5.97 Å². The predicted molar refractivity (Wildman–Crippen MR) is 107 cm³/mol. The molecule has 0 radical (unpaired) electrons. The van der Waals surface area contributed by atoms with Crippen LogP contribution in [0.25, 0.3) is 0 Å². The largest absolute Gasteiger partial charge is 0.465 e. The highest BCUT2D eigenvalue weighted by molar-refractivity contribution is 6.01. The minimum atomic E-state index is -0.632. The number of nitrogens with one attached hydrogen (secondary N) is 3. The van der Waals surface area contributed by atoms with Gasteiger partial charge in [-0.1, -0.05) is 12.1 Å². The van der Waals surface area contributed by atoms with Gasteiger partial charge in [-0.05, 0) is 30.2 Å². The molecule has 0 bridgehead atoms. The number of ketones is 1. The lowest BCUT2D eigenvalue weighted by atomic mass is 10.1. The number of halogens is 1. The Hall–Kier alpha value is -3.49. The lowest BCUT2D eigenvalue weighted by molar-refractivity contribution is -0.122. The molecule has 8 nitrogen and oxygen atoms in total. The fourth-order valence-corrected chi connectivity index (χ4v) is 3.00. The van der Waals surface area contributed by atoms with Crippen LogP contribution in [-0.2, 0) is 27.2 Å². The van der Waals surface area contributed by atoms with Gasteiger partial charge in [0.15, 0.2) is 5.78 Å². The van der Waals surface area contributed by atoms with Gasteiger partial charge in [-0.25, -0.2) is 9.18 Å². The Bertz CT molecular complexity index is 950. The van der Waals surface area contributed by atoms with E-state index >= 15 is 0 Å². The normalized spacial score (nSPS) is 10.4. The van der Waals surface area contributed by atoms with Crippen LogP contribution in [0.15, 0.2) is 24.3 Å². The topological polar surface area (TPSA) is 117 Å². The van der Waals surface area contributed by atoms with Gasteiger partial charge < -0.3 is 20.4 Å². The second-order valence-electron chi connectivity index (χ2n) is 6.71. The van der Waals surface area contributed by atoms with Crippen LogP contribution in [0.4, 0.5) is 4.39 Å². The van der Waals surface area contributed by atoms with Crippen molar-refractivity contribution in [3.8, 4) is 0 Å². The molecule has 0 saturated heterocycles. The summed E-state index contributed by atoms with van der Waals surface area (Å²) in [5, 5.41) is 5.30. The number of methoxy groups -OCH3 is 1. The van der Waals surface area contributed by atoms with Crippen molar-refractivity contribution in [2.45, 2.75) is 26.7 Å². The lowest BCUT2D eigenvalue weighted by Gasteiger charge is -2.08. The van der Waals surface area contributed by atoms with Crippen molar-refractivity contribution in [3.05, 3.63) is 58.2 Å². The van der Waals surface area contributed by atoms with E-state index in [1.807, 2.05) is 0 Å². The Labute approximate surface area is 173 Å². The van der Waals surface area contributed by atoms with E-state index in [4.69, 9.17) is 4.74 Å². The van der Waals surface area contributed by atoms with Gasteiger partial charge in [-0.2, -0.15) is 0 Å². The molecule has 30 heavy (non-hydrogen) atoms. The zero-order chi connectivity index (χ0) is 22.3. The van der Waals surface area contributed by atoms with Gasteiger partial charge in [0.1, 0.15) is 5.82 Å². The number of hydrogen-bond donors (Lipinski definition) is 3. The number of amides is 2. The highest BCUT2D eigenvalue weighted by Crippen LogP contribution is 2.20. The summed E-state index contributed by atoms with van der Waals surface area (Å²) in [6.07, 6.45) is -0.0473. The van der Waals surface area contributed by atoms with E-state index in [9.17, 15) is 23.6 Å². The molecule has 0 fully saturated rings. The van der Waals surface area contributed by atoms with E-state index in [-0.39, 0.29) is 60.6 Å². The second-order valence-corrected chi connectivity index (χ2v) is 6.71. The minimum absolute atomic E-state index is 0.103. The molecular weight excluding hydrogens is 393 g/mol. The molecule has 0 spiro atoms. The zero-order valence-corrected chi connectivity index (χ0v) is 17.1. The number of carbonyl (C=O) groups is 4. The van der Waals surface area contributed by atoms with Crippen molar-refractivity contribution in [1.82, 2.24) is 15.6 Å². The maximum absolute atomic E-state index is 12.9. The number of aromatic nitrogens is 1. The molecule has 2 amide bonds. The van der Waals surface area contributed by atoms with Crippen LogP contribution in [-0.4, -0.2) is 48.8 Å². The Morgan fingerprint density at radius 2 is 1.57 bits per heavy atom. The van der Waals surface area contributed by atoms with Crippen LogP contribution in [0.3, 0.4) is 0 Å². The average molecular weight is 417 g/mol. The number of Topliss-reactive ketones (excluding diaryl/α,β-unsaturated/α-hetero) is 1. The summed E-state index contributed by atoms with van der Waals surface area (Å²) in [6, 6.07) is 5.63. The maximum atomic E-state index is 12.9. The third kappa shape index (κ3) is 6.00. The van der Waals surface area contributed by atoms with Crippen molar-refractivity contribution in [3.63, 3.8) is 0 Å². The maximum Gasteiger partial charge on any atom is 0.339 e. The van der Waals surface area contributed by atoms with Crippen molar-refractivity contribution in [2.24, 2.45) is 0 Å². The van der Waals surface area contributed by atoms with Crippen LogP contribution in [0.2, 0.25) is 0 Å². The molecule has 2 rings (SSSR count). The Morgan fingerprint density at radius 3 is 2.10 bits per heavy atom. The SMILES string of the molecule is COC(=O)c1c(CC(=O)NCCNC(=O)Cc2ccc(F)cc2)[nH]c(C(C)=O)c1C. The minimum Gasteiger partial charge on any atom is -0.465 e. The van der Waals surface area contributed by atoms with Crippen LogP contribution in [0.1, 0.15) is 44.6 Å². The number of esters is 1. The molecule has 2 aromatic rings. The molecule has 3 N–H and O–H groups in total. The van der Waals surface area contributed by atoms with Crippen LogP contribution < -0.4 is 10.6 Å². The number of aromatic amines is 1. The Balaban J connectivity index is 1.85. The summed E-state index contributed by atoms with van der Waals surface area (Å²) in [5.74, 6) is -1.90. The van der Waals surface area contributed by atoms with Crippen LogP contribution >= 0.6 is 0 Å². The second kappa shape index (κ2) is 10.3. The summed E-state index contributed by atoms with van der Waals surface area (Å²) in [6.45, 7) is 3.36. The fraction of sp³-hybridized carbons (Fsp3) is 0.333. The summed E-state index contributed by atoms with van der Waals surface area (Å²) in [7, 11) is 1.22. The van der Waals surface area contributed by atoms with E-state index in [0.29, 0.717) is 16.8 Å². The number of rotatable bonds is 9. The van der Waals surface area contributed by atoms with E-state index in [0.717, 1.165) is 0 Å². The van der Waals surface area contributed by atoms with Gasteiger partial charge in [-0.15, -0.1) is 0 Å². The first-order valence-electron chi connectivity index (χ1n) is 9.31. The summed E-state index contributed by atoms with van der Waals surface area (Å²) in [5.41, 5.74) is 1.83. The standard InChI is InChI=1S/C21H24FN3O5/c1-12-19(21(29)30-3)16(25-20(12)13(2)26)11-18(28)24-9-8-23-17(27)10-14-4-6-15(22)7-5-14/h4-7,25H,8-11H2,1-3H3,(H,23,27)(H,24,28). The first-order chi connectivity index (χ1) is 14.2. The molecule has 0 unspecified atom stereocenters. The van der Waals surface area contributed by atoms with Gasteiger partial charge in [0.2, 0.25) is 11.8 Å². The molecule has 0 aliphatic rings. The number of carbonyl (C=O) groups excluding carboxylic acids is 4. The zero-order valence-electron chi connectivity index (χ0n) is 17.1. The number of H-pyrrole nitrogens is 1. The fourth-order valence-electron chi connectivity index (χ4n) is 3.00. The summed E-state index contributed by atoms with van der Waals surface area (Å²) in [4.78, 5) is 50.7. The predicted octanol–water partition coefficient (Wildman–Crippen LogP) is 1.47. The van der Waals surface area contributed by atoms with Crippen molar-refractivity contribution in [1.29, 1.82) is 0 Å². The molecular formula is C21H24FN3O5. The van der Waals surface area contributed by atoms with Gasteiger partial charge in [-0.3, -0.25) is 14.4 Å². The molecule has 160 valence electrons. The lowest BCUT2D eigenvalue weighted by Crippen LogP contribution is -2.36. The third-order valence-electron chi connectivity index (χ3n) is 4.45. The number of hydrogen-bond acceptors (Lipinski definition) is 5. The van der Waals surface area contributed by atoms with E-state index in [1.54, 1.807) is 6.92 Å². The highest BCUT2D eigenvalue weighted by atomic mass is 19.1. The van der Waals surface area contributed by atoms with E-state index in [1.165, 1.54) is 38.3 Å². The molecule has 0 aliphatic carbocycles. The first kappa shape index (κ1) is 22.8. The monoisotopic (exact) mass is 417 g/mol. The van der Waals surface area contributed by atoms with E-state index in [2.05, 4.69) is 15.6 Å². The Kier molecular flexibility index (Phi) is 7.85. The average Bonchev–Trinajstić information content (AvgIpc) is 3.02. The number of benzene rings is 1. The van der Waals surface area contributed by atoms with Gasteiger partial charge in [0, 0.05) is 25.7 Å². The molecule has 0 atom stereocenters.